The van der Waals surface area contributed by atoms with Crippen LogP contribution < -0.4 is 5.32 Å². The minimum absolute atomic E-state index is 0.0538. The fraction of sp³-hybridized carbons (Fsp3) is 0.800. The molecule has 17 heavy (non-hydrogen) atoms. The number of amides is 2. The van der Waals surface area contributed by atoms with Crippen molar-refractivity contribution in [3.8, 4) is 0 Å². The molecule has 1 saturated heterocycles. The van der Waals surface area contributed by atoms with E-state index in [2.05, 4.69) is 5.32 Å². The zero-order valence-electron chi connectivity index (χ0n) is 9.81. The average molecular weight is 262 g/mol. The van der Waals surface area contributed by atoms with E-state index in [0.717, 1.165) is 11.5 Å². The van der Waals surface area contributed by atoms with Crippen LogP contribution >= 0.6 is 11.8 Å². The topological polar surface area (TPSA) is 89.9 Å². The number of aliphatic carboxylic acids is 1. The SMILES string of the molecule is CC(O)(CNC(=O)N1CCSCC1)CC(=O)O. The molecule has 1 aliphatic rings. The second-order valence-electron chi connectivity index (χ2n) is 4.33. The Balaban J connectivity index is 2.33. The Kier molecular flexibility index (Phi) is 5.07. The van der Waals surface area contributed by atoms with Crippen LogP contribution in [-0.2, 0) is 4.79 Å². The van der Waals surface area contributed by atoms with E-state index in [1.54, 1.807) is 16.7 Å². The van der Waals surface area contributed by atoms with Gasteiger partial charge in [0.25, 0.3) is 0 Å². The third-order valence-corrected chi connectivity index (χ3v) is 3.39. The molecule has 3 N–H and O–H groups in total. The molecule has 0 aromatic carbocycles. The van der Waals surface area contributed by atoms with E-state index in [1.807, 2.05) is 0 Å². The van der Waals surface area contributed by atoms with Crippen LogP contribution in [0.2, 0.25) is 0 Å². The largest absolute Gasteiger partial charge is 0.481 e. The van der Waals surface area contributed by atoms with Gasteiger partial charge in [-0.05, 0) is 6.92 Å². The molecule has 6 nitrogen and oxygen atoms in total. The summed E-state index contributed by atoms with van der Waals surface area (Å²) in [5.41, 5.74) is -1.41. The average Bonchev–Trinajstić information content (AvgIpc) is 2.25. The quantitative estimate of drug-likeness (QED) is 0.662. The van der Waals surface area contributed by atoms with Crippen LogP contribution in [-0.4, -0.2) is 63.9 Å². The van der Waals surface area contributed by atoms with E-state index in [4.69, 9.17) is 5.11 Å². The molecule has 0 spiro atoms. The van der Waals surface area contributed by atoms with E-state index in [-0.39, 0.29) is 19.0 Å². The number of thioether (sulfide) groups is 1. The maximum atomic E-state index is 11.7. The van der Waals surface area contributed by atoms with Crippen molar-refractivity contribution in [3.05, 3.63) is 0 Å². The minimum atomic E-state index is -1.41. The summed E-state index contributed by atoms with van der Waals surface area (Å²) in [4.78, 5) is 23.8. The zero-order valence-corrected chi connectivity index (χ0v) is 10.6. The van der Waals surface area contributed by atoms with Gasteiger partial charge in [0.1, 0.15) is 0 Å². The van der Waals surface area contributed by atoms with Gasteiger partial charge in [0, 0.05) is 31.1 Å². The third-order valence-electron chi connectivity index (χ3n) is 2.45. The zero-order chi connectivity index (χ0) is 12.9. The Bertz CT molecular complexity index is 290. The summed E-state index contributed by atoms with van der Waals surface area (Å²) in [6, 6.07) is -0.240. The molecular weight excluding hydrogens is 244 g/mol. The fourth-order valence-corrected chi connectivity index (χ4v) is 2.44. The van der Waals surface area contributed by atoms with E-state index < -0.39 is 11.6 Å². The number of rotatable bonds is 4. The molecule has 98 valence electrons. The summed E-state index contributed by atoms with van der Waals surface area (Å²) < 4.78 is 0. The standard InChI is InChI=1S/C10H18N2O4S/c1-10(16,6-8(13)14)7-11-9(15)12-2-4-17-5-3-12/h16H,2-7H2,1H3,(H,11,15)(H,13,14). The van der Waals surface area contributed by atoms with Gasteiger partial charge in [0.15, 0.2) is 0 Å². The van der Waals surface area contributed by atoms with Gasteiger partial charge in [-0.2, -0.15) is 11.8 Å². The van der Waals surface area contributed by atoms with Crippen LogP contribution in [0.4, 0.5) is 4.79 Å². The predicted molar refractivity (Wildman–Crippen MR) is 65.2 cm³/mol. The smallest absolute Gasteiger partial charge is 0.317 e. The van der Waals surface area contributed by atoms with Gasteiger partial charge in [-0.3, -0.25) is 4.79 Å². The van der Waals surface area contributed by atoms with Gasteiger partial charge < -0.3 is 20.4 Å². The second kappa shape index (κ2) is 6.11. The number of hydrogen-bond acceptors (Lipinski definition) is 4. The first-order chi connectivity index (χ1) is 7.91. The molecule has 0 radical (unpaired) electrons. The third kappa shape index (κ3) is 5.27. The molecule has 1 heterocycles. The first-order valence-corrected chi connectivity index (χ1v) is 6.61. The Morgan fingerprint density at radius 2 is 2.00 bits per heavy atom. The van der Waals surface area contributed by atoms with Crippen molar-refractivity contribution in [2.24, 2.45) is 0 Å². The van der Waals surface area contributed by atoms with Crippen molar-refractivity contribution in [3.63, 3.8) is 0 Å². The molecule has 1 aliphatic heterocycles. The maximum Gasteiger partial charge on any atom is 0.317 e. The number of carbonyl (C=O) groups is 2. The monoisotopic (exact) mass is 262 g/mol. The molecule has 0 aromatic heterocycles. The summed E-state index contributed by atoms with van der Waals surface area (Å²) >= 11 is 1.80. The van der Waals surface area contributed by atoms with Gasteiger partial charge in [-0.15, -0.1) is 0 Å². The number of hydrogen-bond donors (Lipinski definition) is 3. The first kappa shape index (κ1) is 14.1. The highest BCUT2D eigenvalue weighted by atomic mass is 32.2. The molecule has 2 amide bonds. The lowest BCUT2D eigenvalue weighted by Gasteiger charge is -2.28. The van der Waals surface area contributed by atoms with Crippen molar-refractivity contribution < 1.29 is 19.8 Å². The van der Waals surface area contributed by atoms with Crippen molar-refractivity contribution in [2.75, 3.05) is 31.1 Å². The van der Waals surface area contributed by atoms with Crippen molar-refractivity contribution in [2.45, 2.75) is 18.9 Å². The number of nitrogens with one attached hydrogen (secondary N) is 1. The van der Waals surface area contributed by atoms with E-state index >= 15 is 0 Å². The lowest BCUT2D eigenvalue weighted by Crippen LogP contribution is -2.49. The molecule has 1 rings (SSSR count). The molecule has 7 heteroatoms. The second-order valence-corrected chi connectivity index (χ2v) is 5.55. The lowest BCUT2D eigenvalue weighted by molar-refractivity contribution is -0.141. The Morgan fingerprint density at radius 3 is 2.53 bits per heavy atom. The number of carboxylic acid groups (broad SMARTS) is 1. The summed E-state index contributed by atoms with van der Waals surface area (Å²) in [6.07, 6.45) is -0.386. The minimum Gasteiger partial charge on any atom is -0.481 e. The number of carbonyl (C=O) groups excluding carboxylic acids is 1. The molecule has 0 aliphatic carbocycles. The van der Waals surface area contributed by atoms with Crippen molar-refractivity contribution >= 4 is 23.8 Å². The highest BCUT2D eigenvalue weighted by molar-refractivity contribution is 7.99. The van der Waals surface area contributed by atoms with Gasteiger partial charge >= 0.3 is 12.0 Å². The van der Waals surface area contributed by atoms with Crippen LogP contribution in [0.1, 0.15) is 13.3 Å². The number of aliphatic hydroxyl groups is 1. The summed E-state index contributed by atoms with van der Waals surface area (Å²) in [5.74, 6) is 0.747. The Labute approximate surface area is 104 Å². The van der Waals surface area contributed by atoms with E-state index in [1.165, 1.54) is 6.92 Å². The number of urea groups is 1. The van der Waals surface area contributed by atoms with Crippen LogP contribution in [0.3, 0.4) is 0 Å². The first-order valence-electron chi connectivity index (χ1n) is 5.45. The van der Waals surface area contributed by atoms with Crippen LogP contribution in [0.15, 0.2) is 0 Å². The molecule has 0 aromatic rings. The summed E-state index contributed by atoms with van der Waals surface area (Å²) in [6.45, 7) is 2.73. The fourth-order valence-electron chi connectivity index (χ4n) is 1.53. The maximum absolute atomic E-state index is 11.7. The molecular formula is C10H18N2O4S. The molecule has 0 bridgehead atoms. The predicted octanol–water partition coefficient (Wildman–Crippen LogP) is -0.0295. The molecule has 0 saturated carbocycles. The molecule has 1 atom stereocenters. The number of nitrogens with zero attached hydrogens (tertiary/aromatic N) is 1. The van der Waals surface area contributed by atoms with Gasteiger partial charge in [-0.1, -0.05) is 0 Å². The lowest BCUT2D eigenvalue weighted by atomic mass is 10.0. The van der Waals surface area contributed by atoms with Crippen LogP contribution in [0.25, 0.3) is 0 Å². The molecule has 1 unspecified atom stereocenters. The Morgan fingerprint density at radius 1 is 1.41 bits per heavy atom. The highest BCUT2D eigenvalue weighted by Crippen LogP contribution is 2.10. The van der Waals surface area contributed by atoms with Crippen LogP contribution in [0, 0.1) is 0 Å². The summed E-state index contributed by atoms with van der Waals surface area (Å²) in [5, 5.41) is 20.9. The van der Waals surface area contributed by atoms with E-state index in [0.29, 0.717) is 13.1 Å². The van der Waals surface area contributed by atoms with Crippen molar-refractivity contribution in [1.82, 2.24) is 10.2 Å². The normalized spacial score (nSPS) is 19.5. The van der Waals surface area contributed by atoms with E-state index in [9.17, 15) is 14.7 Å². The molecule has 1 fully saturated rings. The van der Waals surface area contributed by atoms with Gasteiger partial charge in [-0.25, -0.2) is 4.79 Å². The number of carboxylic acids is 1. The Hall–Kier alpha value is -0.950. The van der Waals surface area contributed by atoms with Gasteiger partial charge in [0.2, 0.25) is 0 Å². The van der Waals surface area contributed by atoms with Crippen LogP contribution in [0.5, 0.6) is 0 Å². The van der Waals surface area contributed by atoms with Gasteiger partial charge in [0.05, 0.1) is 12.0 Å². The summed E-state index contributed by atoms with van der Waals surface area (Å²) in [7, 11) is 0. The highest BCUT2D eigenvalue weighted by Gasteiger charge is 2.26. The van der Waals surface area contributed by atoms with Crippen molar-refractivity contribution in [1.29, 1.82) is 0 Å².